The van der Waals surface area contributed by atoms with Gasteiger partial charge in [-0.3, -0.25) is 9.59 Å². The topological polar surface area (TPSA) is 111 Å². The zero-order chi connectivity index (χ0) is 24.8. The van der Waals surface area contributed by atoms with Crippen molar-refractivity contribution >= 4 is 22.8 Å². The van der Waals surface area contributed by atoms with Crippen LogP contribution in [0, 0.1) is 12.7 Å². The highest BCUT2D eigenvalue weighted by atomic mass is 19.1. The molecule has 0 saturated carbocycles. The second kappa shape index (κ2) is 7.21. The summed E-state index contributed by atoms with van der Waals surface area (Å²) in [5, 5.41) is 14.9. The minimum Gasteiger partial charge on any atom is -0.458 e. The van der Waals surface area contributed by atoms with E-state index in [1.54, 1.807) is 24.5 Å². The number of carbonyl (C=O) groups is 2. The fourth-order valence-corrected chi connectivity index (χ4v) is 5.94. The quantitative estimate of drug-likeness (QED) is 0.430. The van der Waals surface area contributed by atoms with Crippen LogP contribution in [0.2, 0.25) is 0 Å². The molecule has 2 N–H and O–H groups in total. The van der Waals surface area contributed by atoms with E-state index in [0.29, 0.717) is 35.3 Å². The molecule has 180 valence electrons. The average molecular weight is 477 g/mol. The second-order valence-electron chi connectivity index (χ2n) is 9.60. The first-order chi connectivity index (χ1) is 16.7. The van der Waals surface area contributed by atoms with Crippen molar-refractivity contribution in [3.8, 4) is 11.4 Å². The second-order valence-corrected chi connectivity index (χ2v) is 9.60. The summed E-state index contributed by atoms with van der Waals surface area (Å²) in [7, 11) is 0. The maximum absolute atomic E-state index is 14.8. The smallest absolute Gasteiger partial charge is 0.343 e. The Morgan fingerprint density at radius 2 is 2.09 bits per heavy atom. The summed E-state index contributed by atoms with van der Waals surface area (Å²) in [4.78, 5) is 42.8. The third kappa shape index (κ3) is 2.81. The van der Waals surface area contributed by atoms with Crippen LogP contribution in [0.25, 0.3) is 22.3 Å². The number of rotatable bonds is 2. The number of pyridine rings is 2. The molecule has 2 atom stereocenters. The zero-order valence-electron chi connectivity index (χ0n) is 19.6. The Hall–Kier alpha value is -3.59. The molecule has 6 rings (SSSR count). The van der Waals surface area contributed by atoms with E-state index in [1.807, 2.05) is 0 Å². The Morgan fingerprint density at radius 3 is 2.80 bits per heavy atom. The van der Waals surface area contributed by atoms with Crippen LogP contribution in [0.4, 0.5) is 4.39 Å². The molecule has 2 aliphatic heterocycles. The first kappa shape index (κ1) is 21.9. The van der Waals surface area contributed by atoms with Crippen LogP contribution >= 0.6 is 0 Å². The summed E-state index contributed by atoms with van der Waals surface area (Å²) in [6.07, 6.45) is 1.24. The number of hydrogen-bond donors (Lipinski definition) is 2. The van der Waals surface area contributed by atoms with Gasteiger partial charge in [0.15, 0.2) is 5.60 Å². The number of nitrogens with one attached hydrogen (secondary N) is 1. The summed E-state index contributed by atoms with van der Waals surface area (Å²) < 4.78 is 21.5. The maximum Gasteiger partial charge on any atom is 0.343 e. The standard InChI is InChI=1S/C26H24FN3O5/c1-4-26(34)16-7-20-23-14(9-30(20)24(32)15(16)10-35-25(26)33)22-18(28-12(3)31)6-5-13-11(2)17(27)8-19(29-23)21(13)22/h7-8,18,34H,4-6,9-10H2,1-3H3,(H,28,31)/t18-,26+/m0/s1. The third-order valence-electron chi connectivity index (χ3n) is 7.76. The van der Waals surface area contributed by atoms with Gasteiger partial charge >= 0.3 is 5.97 Å². The first-order valence-electron chi connectivity index (χ1n) is 11.7. The van der Waals surface area contributed by atoms with Crippen molar-refractivity contribution < 1.29 is 23.8 Å². The minimum absolute atomic E-state index is 0.0451. The molecule has 4 heterocycles. The van der Waals surface area contributed by atoms with E-state index in [9.17, 15) is 23.9 Å². The molecule has 3 aromatic rings. The highest BCUT2D eigenvalue weighted by molar-refractivity contribution is 5.93. The van der Waals surface area contributed by atoms with Crippen LogP contribution in [0.3, 0.4) is 0 Å². The molecule has 9 heteroatoms. The zero-order valence-corrected chi connectivity index (χ0v) is 19.6. The van der Waals surface area contributed by atoms with E-state index in [4.69, 9.17) is 9.72 Å². The number of carbonyl (C=O) groups excluding carboxylic acids is 2. The number of cyclic esters (lactones) is 1. The molecule has 0 fully saturated rings. The van der Waals surface area contributed by atoms with Gasteiger partial charge in [0.1, 0.15) is 12.4 Å². The van der Waals surface area contributed by atoms with Crippen LogP contribution in [-0.2, 0) is 39.5 Å². The highest BCUT2D eigenvalue weighted by Crippen LogP contribution is 2.45. The molecular formula is C26H24FN3O5. The van der Waals surface area contributed by atoms with Crippen molar-refractivity contribution in [2.75, 3.05) is 0 Å². The van der Waals surface area contributed by atoms with Crippen LogP contribution < -0.4 is 10.9 Å². The summed E-state index contributed by atoms with van der Waals surface area (Å²) in [5.41, 5.74) is 2.66. The van der Waals surface area contributed by atoms with E-state index in [2.05, 4.69) is 5.32 Å². The molecule has 3 aliphatic rings. The molecule has 1 aliphatic carbocycles. The van der Waals surface area contributed by atoms with E-state index >= 15 is 0 Å². The van der Waals surface area contributed by atoms with Crippen molar-refractivity contribution in [1.82, 2.24) is 14.9 Å². The number of nitrogens with zero attached hydrogens (tertiary/aromatic N) is 2. The minimum atomic E-state index is -1.93. The van der Waals surface area contributed by atoms with Gasteiger partial charge in [0.2, 0.25) is 5.91 Å². The van der Waals surface area contributed by atoms with Gasteiger partial charge in [0.05, 0.1) is 35.1 Å². The lowest BCUT2D eigenvalue weighted by atomic mass is 9.81. The molecule has 0 unspecified atom stereocenters. The van der Waals surface area contributed by atoms with Crippen LogP contribution in [0.15, 0.2) is 16.9 Å². The highest BCUT2D eigenvalue weighted by Gasteiger charge is 2.46. The fraction of sp³-hybridized carbons (Fsp3) is 0.385. The Bertz CT molecular complexity index is 1560. The van der Waals surface area contributed by atoms with Crippen molar-refractivity contribution in [1.29, 1.82) is 0 Å². The number of aryl methyl sites for hydroxylation is 1. The number of ether oxygens (including phenoxy) is 1. The summed E-state index contributed by atoms with van der Waals surface area (Å²) in [6, 6.07) is 2.73. The van der Waals surface area contributed by atoms with E-state index in [0.717, 1.165) is 22.1 Å². The van der Waals surface area contributed by atoms with Crippen LogP contribution in [0.5, 0.6) is 0 Å². The predicted molar refractivity (Wildman–Crippen MR) is 124 cm³/mol. The number of halogens is 1. The van der Waals surface area contributed by atoms with Gasteiger partial charge in [0, 0.05) is 29.5 Å². The predicted octanol–water partition coefficient (Wildman–Crippen LogP) is 2.65. The van der Waals surface area contributed by atoms with Crippen LogP contribution in [0.1, 0.15) is 66.1 Å². The molecule has 0 saturated heterocycles. The molecule has 35 heavy (non-hydrogen) atoms. The summed E-state index contributed by atoms with van der Waals surface area (Å²) in [6.45, 7) is 4.86. The van der Waals surface area contributed by atoms with E-state index in [-0.39, 0.29) is 54.0 Å². The van der Waals surface area contributed by atoms with Crippen molar-refractivity contribution in [3.05, 3.63) is 61.7 Å². The molecule has 1 aromatic carbocycles. The Morgan fingerprint density at radius 1 is 1.31 bits per heavy atom. The molecule has 2 aromatic heterocycles. The number of benzene rings is 1. The lowest BCUT2D eigenvalue weighted by Crippen LogP contribution is -2.44. The Balaban J connectivity index is 1.68. The van der Waals surface area contributed by atoms with E-state index in [1.165, 1.54) is 13.0 Å². The first-order valence-corrected chi connectivity index (χ1v) is 11.7. The van der Waals surface area contributed by atoms with Gasteiger partial charge in [-0.25, -0.2) is 14.2 Å². The number of fused-ring (bicyclic) bond motifs is 5. The molecule has 0 spiro atoms. The van der Waals surface area contributed by atoms with Crippen molar-refractivity contribution in [2.24, 2.45) is 0 Å². The molecular weight excluding hydrogens is 453 g/mol. The summed E-state index contributed by atoms with van der Waals surface area (Å²) in [5.74, 6) is -1.32. The molecule has 8 nitrogen and oxygen atoms in total. The molecule has 0 radical (unpaired) electrons. The SMILES string of the molecule is CC[C@]1(O)C(=O)OCc2c1cc1n(c2=O)Cc2c-1nc1cc(F)c(C)c3c1c2[C@@H](NC(C)=O)CC3. The summed E-state index contributed by atoms with van der Waals surface area (Å²) >= 11 is 0. The molecule has 0 bridgehead atoms. The van der Waals surface area contributed by atoms with Crippen molar-refractivity contribution in [3.63, 3.8) is 0 Å². The number of aliphatic hydroxyl groups is 1. The van der Waals surface area contributed by atoms with E-state index < -0.39 is 11.6 Å². The van der Waals surface area contributed by atoms with Crippen LogP contribution in [-0.4, -0.2) is 26.5 Å². The normalized spacial score (nSPS) is 21.9. The lowest BCUT2D eigenvalue weighted by molar-refractivity contribution is -0.172. The third-order valence-corrected chi connectivity index (χ3v) is 7.76. The average Bonchev–Trinajstić information content (AvgIpc) is 3.19. The molecule has 1 amide bonds. The van der Waals surface area contributed by atoms with Gasteiger partial charge in [-0.05, 0) is 48.9 Å². The number of hydrogen-bond acceptors (Lipinski definition) is 6. The fourth-order valence-electron chi connectivity index (χ4n) is 5.94. The maximum atomic E-state index is 14.8. The lowest BCUT2D eigenvalue weighted by Gasteiger charge is -2.31. The van der Waals surface area contributed by atoms with Gasteiger partial charge in [-0.1, -0.05) is 6.92 Å². The van der Waals surface area contributed by atoms with Gasteiger partial charge in [-0.15, -0.1) is 0 Å². The Labute approximate surface area is 199 Å². The van der Waals surface area contributed by atoms with Gasteiger partial charge in [0.25, 0.3) is 5.56 Å². The number of aromatic nitrogens is 2. The number of esters is 1. The monoisotopic (exact) mass is 477 g/mol. The Kier molecular flexibility index (Phi) is 4.51. The van der Waals surface area contributed by atoms with Gasteiger partial charge in [-0.2, -0.15) is 0 Å². The number of amides is 1. The van der Waals surface area contributed by atoms with Gasteiger partial charge < -0.3 is 19.7 Å². The largest absolute Gasteiger partial charge is 0.458 e. The van der Waals surface area contributed by atoms with Crippen molar-refractivity contribution in [2.45, 2.75) is 64.8 Å².